The fraction of sp³-hybridized carbons (Fsp3) is 0.500. The van der Waals surface area contributed by atoms with Crippen molar-refractivity contribution in [3.63, 3.8) is 0 Å². The van der Waals surface area contributed by atoms with Crippen LogP contribution < -0.4 is 17.0 Å². The van der Waals surface area contributed by atoms with Crippen molar-refractivity contribution in [2.75, 3.05) is 24.2 Å². The molecule has 0 spiro atoms. The highest BCUT2D eigenvalue weighted by atomic mass is 31.1. The van der Waals surface area contributed by atoms with Crippen LogP contribution in [0.2, 0.25) is 0 Å². The van der Waals surface area contributed by atoms with E-state index in [1.54, 1.807) is 0 Å². The average molecular weight is 598 g/mol. The molecular formula is C20H22F2N10O6P2. The third kappa shape index (κ3) is 4.09. The maximum Gasteiger partial charge on any atom is 0.319 e. The number of nitrogens with zero attached hydrogens (tertiary/aromatic N) is 7. The minimum absolute atomic E-state index is 0.0386. The van der Waals surface area contributed by atoms with E-state index in [-0.39, 0.29) is 49.9 Å². The summed E-state index contributed by atoms with van der Waals surface area (Å²) in [7, 11) is -3.53. The van der Waals surface area contributed by atoms with Gasteiger partial charge in [0, 0.05) is 5.92 Å². The highest BCUT2D eigenvalue weighted by Crippen LogP contribution is 2.49. The summed E-state index contributed by atoms with van der Waals surface area (Å²) in [5.41, 5.74) is 11.5. The topological polar surface area (TPSA) is 213 Å². The zero-order chi connectivity index (χ0) is 27.7. The van der Waals surface area contributed by atoms with Crippen LogP contribution in [0.4, 0.5) is 20.5 Å². The van der Waals surface area contributed by atoms with Crippen molar-refractivity contribution in [2.24, 2.45) is 5.92 Å². The first-order chi connectivity index (χ1) is 19.3. The Balaban J connectivity index is 1.18. The monoisotopic (exact) mass is 598 g/mol. The number of ether oxygens (including phenoxy) is 2. The van der Waals surface area contributed by atoms with E-state index < -0.39 is 62.6 Å². The van der Waals surface area contributed by atoms with Gasteiger partial charge < -0.3 is 25.5 Å². The number of nitrogens with one attached hydrogen (secondary N) is 1. The van der Waals surface area contributed by atoms with Crippen molar-refractivity contribution in [1.29, 1.82) is 0 Å². The van der Waals surface area contributed by atoms with E-state index >= 15 is 8.78 Å². The fourth-order valence-electron chi connectivity index (χ4n) is 5.27. The minimum Gasteiger partial charge on any atom is -0.382 e. The molecule has 2 bridgehead atoms. The number of hydrogen-bond donors (Lipinski definition) is 3. The van der Waals surface area contributed by atoms with Crippen molar-refractivity contribution < 1.29 is 31.9 Å². The first-order valence-electron chi connectivity index (χ1n) is 12.1. The Kier molecular flexibility index (Phi) is 6.29. The zero-order valence-electron chi connectivity index (χ0n) is 20.3. The second kappa shape index (κ2) is 9.75. The number of fused-ring (bicyclic) bond motifs is 5. The van der Waals surface area contributed by atoms with Gasteiger partial charge >= 0.3 is 8.25 Å². The normalized spacial score (nSPS) is 35.3. The number of nitrogens with two attached hydrogens (primary N) is 2. The molecule has 4 aromatic heterocycles. The molecule has 0 saturated carbocycles. The highest BCUT2D eigenvalue weighted by molar-refractivity contribution is 7.38. The summed E-state index contributed by atoms with van der Waals surface area (Å²) >= 11 is 0. The number of H-pyrrole nitrogens is 1. The highest BCUT2D eigenvalue weighted by Gasteiger charge is 2.52. The summed E-state index contributed by atoms with van der Waals surface area (Å²) in [5, 5.41) is 0. The lowest BCUT2D eigenvalue weighted by molar-refractivity contribution is -0.0396. The number of imidazole rings is 2. The van der Waals surface area contributed by atoms with Crippen LogP contribution in [-0.4, -0.2) is 82.2 Å². The second-order valence-corrected chi connectivity index (χ2v) is 11.9. The standard InChI is InChI=1S/C20H22F2N10O6P2/c21-8-6-2-39-19-9(22)12(18(37-19)32-5-28-11-15(32)29-20(24)30-16(11)33)38-40(34)35-1-7(6)36-17(8)31-4-27-10-13(23)25-3-26-14(10)31/h3-9,12,17-19,39-40H,1-2H2,(H2,23,25,26)(H3,24,29,30,33)/t6-,7-,8+,9+,12-,17-,18-,19?/m1/s1. The molecule has 40 heavy (non-hydrogen) atoms. The summed E-state index contributed by atoms with van der Waals surface area (Å²) in [4.78, 5) is 34.9. The third-order valence-corrected chi connectivity index (χ3v) is 9.61. The van der Waals surface area contributed by atoms with Crippen LogP contribution in [0.3, 0.4) is 0 Å². The molecule has 7 heterocycles. The fourth-order valence-corrected chi connectivity index (χ4v) is 7.75. The van der Waals surface area contributed by atoms with E-state index in [4.69, 9.17) is 30.0 Å². The van der Waals surface area contributed by atoms with Gasteiger partial charge in [0.2, 0.25) is 5.95 Å². The quantitative estimate of drug-likeness (QED) is 0.271. The molecule has 3 aliphatic heterocycles. The average Bonchev–Trinajstić information content (AvgIpc) is 3.67. The summed E-state index contributed by atoms with van der Waals surface area (Å²) in [6, 6.07) is 0. The third-order valence-electron chi connectivity index (χ3n) is 7.18. The Hall–Kier alpha value is -3.14. The summed E-state index contributed by atoms with van der Waals surface area (Å²) in [6.45, 7) is -0.255. The van der Waals surface area contributed by atoms with Crippen LogP contribution in [0.5, 0.6) is 0 Å². The van der Waals surface area contributed by atoms with E-state index in [2.05, 4.69) is 29.9 Å². The number of alkyl halides is 2. The lowest BCUT2D eigenvalue weighted by Gasteiger charge is -2.23. The molecule has 10 atom stereocenters. The van der Waals surface area contributed by atoms with E-state index in [0.717, 1.165) is 0 Å². The van der Waals surface area contributed by atoms with Crippen LogP contribution in [0, 0.1) is 5.92 Å². The molecule has 3 fully saturated rings. The Labute approximate surface area is 224 Å². The van der Waals surface area contributed by atoms with Gasteiger partial charge in [-0.25, -0.2) is 28.7 Å². The van der Waals surface area contributed by atoms with Crippen molar-refractivity contribution in [3.8, 4) is 0 Å². The molecule has 0 radical (unpaired) electrons. The smallest absolute Gasteiger partial charge is 0.319 e. The van der Waals surface area contributed by atoms with Gasteiger partial charge in [-0.05, 0) is 6.16 Å². The molecular weight excluding hydrogens is 576 g/mol. The van der Waals surface area contributed by atoms with Gasteiger partial charge in [0.05, 0.1) is 25.4 Å². The van der Waals surface area contributed by atoms with Crippen molar-refractivity contribution in [3.05, 3.63) is 29.3 Å². The van der Waals surface area contributed by atoms with Gasteiger partial charge in [-0.1, -0.05) is 8.58 Å². The minimum atomic E-state index is -3.30. The lowest BCUT2D eigenvalue weighted by Crippen LogP contribution is -2.29. The van der Waals surface area contributed by atoms with E-state index in [0.29, 0.717) is 5.52 Å². The van der Waals surface area contributed by atoms with Crippen molar-refractivity contribution in [2.45, 2.75) is 42.9 Å². The SMILES string of the molecule is Nc1nc2c(ncn2[C@@H]2OC3PC[C@H]4[C@H](F)[C@H](n5cnc6c(N)ncnc65)O[C@@H]4CO[PH](=O)O[C@@H]2[C@@H]3F)c(=O)[nH]1. The number of nitrogen functional groups attached to an aromatic ring is 2. The number of halogens is 2. The van der Waals surface area contributed by atoms with E-state index in [1.807, 2.05) is 0 Å². The molecule has 20 heteroatoms. The zero-order valence-corrected chi connectivity index (χ0v) is 22.3. The van der Waals surface area contributed by atoms with E-state index in [9.17, 15) is 9.36 Å². The van der Waals surface area contributed by atoms with E-state index in [1.165, 1.54) is 28.1 Å². The molecule has 0 amide bonds. The predicted molar refractivity (Wildman–Crippen MR) is 136 cm³/mol. The molecule has 3 saturated heterocycles. The number of aromatic amines is 1. The lowest BCUT2D eigenvalue weighted by atomic mass is 10.0. The van der Waals surface area contributed by atoms with Gasteiger partial charge in [0.1, 0.15) is 23.8 Å². The van der Waals surface area contributed by atoms with Gasteiger partial charge in [0.15, 0.2) is 47.4 Å². The van der Waals surface area contributed by atoms with Gasteiger partial charge in [-0.15, -0.1) is 0 Å². The van der Waals surface area contributed by atoms with Gasteiger partial charge in [-0.2, -0.15) is 4.98 Å². The molecule has 0 aliphatic carbocycles. The number of rotatable bonds is 2. The van der Waals surface area contributed by atoms with Gasteiger partial charge in [0.25, 0.3) is 5.56 Å². The second-order valence-electron chi connectivity index (χ2n) is 9.47. The summed E-state index contributed by atoms with van der Waals surface area (Å²) in [5.74, 6) is -1.83. The van der Waals surface area contributed by atoms with Crippen LogP contribution in [0.1, 0.15) is 12.5 Å². The Morgan fingerprint density at radius 3 is 2.62 bits per heavy atom. The van der Waals surface area contributed by atoms with Crippen LogP contribution in [0.25, 0.3) is 22.3 Å². The molecule has 5 N–H and O–H groups in total. The first-order valence-corrected chi connectivity index (χ1v) is 14.6. The molecule has 3 unspecified atom stereocenters. The van der Waals surface area contributed by atoms with Crippen LogP contribution in [0.15, 0.2) is 23.8 Å². The molecule has 7 rings (SSSR count). The maximum atomic E-state index is 16.0. The Morgan fingerprint density at radius 1 is 1.02 bits per heavy atom. The number of anilines is 2. The Morgan fingerprint density at radius 2 is 1.80 bits per heavy atom. The first kappa shape index (κ1) is 25.8. The molecule has 4 aromatic rings. The molecule has 212 valence electrons. The molecule has 3 aliphatic rings. The largest absolute Gasteiger partial charge is 0.382 e. The van der Waals surface area contributed by atoms with Crippen molar-refractivity contribution >= 4 is 50.9 Å². The Bertz CT molecular complexity index is 1690. The molecule has 0 aromatic carbocycles. The maximum absolute atomic E-state index is 16.0. The summed E-state index contributed by atoms with van der Waals surface area (Å²) < 4.78 is 70.2. The van der Waals surface area contributed by atoms with Crippen LogP contribution >= 0.6 is 16.8 Å². The van der Waals surface area contributed by atoms with Crippen molar-refractivity contribution in [1.82, 2.24) is 39.0 Å². The predicted octanol–water partition coefficient (Wildman–Crippen LogP) is 0.652. The number of hydrogen-bond acceptors (Lipinski definition) is 13. The van der Waals surface area contributed by atoms with Crippen LogP contribution in [-0.2, 0) is 23.1 Å². The number of aromatic nitrogens is 8. The van der Waals surface area contributed by atoms with Gasteiger partial charge in [-0.3, -0.25) is 28.0 Å². The summed E-state index contributed by atoms with van der Waals surface area (Å²) in [6.07, 6.45) is -3.81. The molecule has 16 nitrogen and oxygen atoms in total.